The number of nitrogens with zero attached hydrogens (tertiary/aromatic N) is 2. The fourth-order valence-corrected chi connectivity index (χ4v) is 12.7. The van der Waals surface area contributed by atoms with Gasteiger partial charge in [-0.3, -0.25) is 14.8 Å². The Balaban J connectivity index is 0.000000323. The van der Waals surface area contributed by atoms with E-state index in [9.17, 15) is 4.79 Å². The van der Waals surface area contributed by atoms with Crippen molar-refractivity contribution in [2.24, 2.45) is 4.99 Å². The van der Waals surface area contributed by atoms with E-state index in [2.05, 4.69) is 248 Å². The molecule has 0 amide bonds. The first-order valence-corrected chi connectivity index (χ1v) is 37.6. The van der Waals surface area contributed by atoms with Crippen LogP contribution in [0.1, 0.15) is 97.8 Å². The van der Waals surface area contributed by atoms with Gasteiger partial charge in [-0.1, -0.05) is 179 Å². The van der Waals surface area contributed by atoms with E-state index in [0.717, 1.165) is 35.8 Å². The molecule has 40 heteroatoms. The molecular weight excluding hydrogens is 1640 g/mol. The number of terminal acetylenes is 1. The summed E-state index contributed by atoms with van der Waals surface area (Å²) in [6.07, 6.45) is 4.21. The van der Waals surface area contributed by atoms with Gasteiger partial charge < -0.3 is 5.11 Å². The summed E-state index contributed by atoms with van der Waals surface area (Å²) < 4.78 is 20.2. The number of benzene rings is 8. The number of halogens is 3. The third-order valence-electron chi connectivity index (χ3n) is 16.9. The Hall–Kier alpha value is -3.71. The van der Waals surface area contributed by atoms with Crippen molar-refractivity contribution in [1.29, 1.82) is 0 Å². The number of rotatable bonds is 14. The van der Waals surface area contributed by atoms with Crippen LogP contribution >= 0.6 is 67.8 Å². The summed E-state index contributed by atoms with van der Waals surface area (Å²) in [5.41, 5.74) is 17.1. The Kier molecular flexibility index (Phi) is 43.9. The van der Waals surface area contributed by atoms with E-state index < -0.39 is 72.3 Å². The molecule has 106 heavy (non-hydrogen) atoms. The van der Waals surface area contributed by atoms with E-state index in [1.807, 2.05) is 73.1 Å². The van der Waals surface area contributed by atoms with Gasteiger partial charge in [0, 0.05) is 277 Å². The van der Waals surface area contributed by atoms with Crippen molar-refractivity contribution in [3.05, 3.63) is 249 Å². The number of aliphatic hydroxyl groups excluding tert-OH is 1. The normalized spacial score (nSPS) is 11.3. The van der Waals surface area contributed by atoms with Crippen LogP contribution in [0.15, 0.2) is 199 Å². The molecule has 0 fully saturated rings. The number of carbonyl (C=O) groups excluding carboxylic acids is 1. The monoisotopic (exact) mass is 1710 g/mol. The summed E-state index contributed by atoms with van der Waals surface area (Å²) in [6.45, 7) is 15.6. The second-order valence-corrected chi connectivity index (χ2v) is 30.2. The maximum atomic E-state index is 10.2. The molecule has 1 aromatic heterocycles. The summed E-state index contributed by atoms with van der Waals surface area (Å²) in [5.74, 6) is 2.72. The molecular formula is C66H59B30I3MnN2O4. The number of fused-ring (bicyclic) bond motifs is 7. The van der Waals surface area contributed by atoms with Crippen molar-refractivity contribution in [3.8, 4) is 45.9 Å². The van der Waals surface area contributed by atoms with E-state index in [1.165, 1.54) is 84.1 Å². The van der Waals surface area contributed by atoms with Gasteiger partial charge >= 0.3 is 22.5 Å². The molecule has 0 atom stereocenters. The molecule has 0 saturated carbocycles. The van der Waals surface area contributed by atoms with Crippen molar-refractivity contribution in [2.75, 3.05) is 0 Å². The number of hydrogen-bond acceptors (Lipinski definition) is 6. The first-order valence-electron chi connectivity index (χ1n) is 33.4. The molecule has 0 spiro atoms. The molecule has 6 nitrogen and oxygen atoms in total. The summed E-state index contributed by atoms with van der Waals surface area (Å²) in [7, 11) is 92.7. The van der Waals surface area contributed by atoms with Crippen molar-refractivity contribution in [1.82, 2.24) is 4.98 Å². The number of carbonyl (C=O) groups is 1. The van der Waals surface area contributed by atoms with E-state index in [0.29, 0.717) is 0 Å². The van der Waals surface area contributed by atoms with Crippen molar-refractivity contribution < 1.29 is 32.4 Å². The summed E-state index contributed by atoms with van der Waals surface area (Å²) in [5, 5.41) is 11.1. The van der Waals surface area contributed by atoms with Crippen molar-refractivity contribution in [2.45, 2.75) is 71.4 Å². The average molecular weight is 1700 g/mol. The minimum absolute atomic E-state index is 0.0128. The Morgan fingerprint density at radius 1 is 0.509 bits per heavy atom. The van der Waals surface area contributed by atoms with Crippen molar-refractivity contribution in [3.63, 3.8) is 0 Å². The zero-order valence-electron chi connectivity index (χ0n) is 60.8. The Morgan fingerprint density at radius 3 is 1.28 bits per heavy atom. The van der Waals surface area contributed by atoms with Crippen LogP contribution in [-0.2, 0) is 39.9 Å². The summed E-state index contributed by atoms with van der Waals surface area (Å²) >= 11 is 5.21. The van der Waals surface area contributed by atoms with Crippen LogP contribution in [0.25, 0.3) is 44.3 Å². The van der Waals surface area contributed by atoms with Crippen LogP contribution in [0.5, 0.6) is 0 Å². The van der Waals surface area contributed by atoms with Crippen LogP contribution in [0.3, 0.4) is 0 Å². The number of aldehydes is 1. The molecule has 0 unspecified atom stereocenters. The second-order valence-electron chi connectivity index (χ2n) is 26.6. The molecule has 1 N–H and O–H groups in total. The fourth-order valence-electron chi connectivity index (χ4n) is 11.1. The Morgan fingerprint density at radius 2 is 0.915 bits per heavy atom. The molecule has 8 aromatic carbocycles. The summed E-state index contributed by atoms with van der Waals surface area (Å²) in [4.78, 5) is 19.4. The van der Waals surface area contributed by atoms with E-state index >= 15 is 0 Å². The van der Waals surface area contributed by atoms with Gasteiger partial charge in [-0.05, 0) is 186 Å². The molecule has 2 aliphatic rings. The molecule has 0 saturated heterocycles. The van der Waals surface area contributed by atoms with E-state index in [1.54, 1.807) is 6.07 Å². The van der Waals surface area contributed by atoms with Gasteiger partial charge in [0.25, 0.3) is 0 Å². The van der Waals surface area contributed by atoms with Gasteiger partial charge in [0.2, 0.25) is 0 Å². The van der Waals surface area contributed by atoms with Crippen LogP contribution in [-0.4, -0.2) is 244 Å². The van der Waals surface area contributed by atoms with Gasteiger partial charge in [-0.25, -0.2) is 0 Å². The predicted molar refractivity (Wildman–Crippen MR) is 507 cm³/mol. The maximum absolute atomic E-state index is 10.2. The molecule has 0 bridgehead atoms. The van der Waals surface area contributed by atoms with Gasteiger partial charge in [0.05, 0.1) is 17.8 Å². The Labute approximate surface area is 708 Å². The topological polar surface area (TPSA) is 96.7 Å². The number of hydrogen-bond donors (Lipinski definition) is 1. The fraction of sp³-hybridized carbons (Fsp3) is 0.167. The standard InChI is InChI=1S/C24H19N.C17H14.C11H14IN.C7H7IO.C7H5IO.B11.B10.B9.Mn.2O/c1-24(2)21-10-6-5-9-19(21)20-12-11-17(13-22(20)24)23-14-16-7-3-4-8-18(16)15-25-23;1-4-12-9-10-14-13-7-5-6-8-15(13)17(2,3)16(14)11-12;1-11(2,3)13-8-9-6-4-5-7-10(9)12;2*8-7-4-2-1-3-6(7)5-9;1-7-10(6)11(8(2)3)9(4)5;1-7(2)10(8(3)4)9(5)6;1-6-9(7(2)3)8(4)5;;;/h3-15H,1-2H3;1,5-11H,2-3H3;4-8H,1-3H3;1-4,9H,5H2;1-5H;;;;;;. The van der Waals surface area contributed by atoms with Gasteiger partial charge in [0.1, 0.15) is 0 Å². The van der Waals surface area contributed by atoms with Crippen LogP contribution < -0.4 is 0 Å². The average Bonchev–Trinajstić information content (AvgIpc) is 1.60. The molecule has 475 valence electrons. The van der Waals surface area contributed by atoms with Gasteiger partial charge in [0.15, 0.2) is 6.29 Å². The first-order chi connectivity index (χ1) is 49.9. The predicted octanol–water partition coefficient (Wildman–Crippen LogP) is 5.91. The number of aliphatic hydroxyl groups is 1. The Bertz CT molecular complexity index is 4290. The quantitative estimate of drug-likeness (QED) is 0.0481. The number of aromatic nitrogens is 1. The van der Waals surface area contributed by atoms with Crippen LogP contribution in [0.4, 0.5) is 0 Å². The third kappa shape index (κ3) is 30.1. The zero-order chi connectivity index (χ0) is 79.8. The molecule has 0 aliphatic heterocycles. The molecule has 9 aromatic rings. The summed E-state index contributed by atoms with van der Waals surface area (Å²) in [6, 6.07) is 64.5. The third-order valence-corrected chi connectivity index (χ3v) is 19.9. The second kappa shape index (κ2) is 48.3. The zero-order valence-corrected chi connectivity index (χ0v) is 68.5. The first kappa shape index (κ1) is 96.5. The van der Waals surface area contributed by atoms with Crippen LogP contribution in [0, 0.1) is 23.1 Å². The number of aliphatic imine (C=N–C) groups is 1. The minimum atomic E-state index is -1.44. The molecule has 2 aliphatic carbocycles. The van der Waals surface area contributed by atoms with Gasteiger partial charge in [-0.2, -0.15) is 0 Å². The van der Waals surface area contributed by atoms with Crippen molar-refractivity contribution >= 4 is 307 Å². The van der Waals surface area contributed by atoms with E-state index in [4.69, 9.17) is 156 Å². The number of pyridine rings is 1. The van der Waals surface area contributed by atoms with Crippen LogP contribution in [0.2, 0.25) is 0 Å². The van der Waals surface area contributed by atoms with E-state index in [-0.39, 0.29) is 35.7 Å². The molecule has 36 radical (unpaired) electrons. The van der Waals surface area contributed by atoms with Gasteiger partial charge in [-0.15, -0.1) is 6.42 Å². The molecule has 1 heterocycles. The SMILES string of the molecule is C#Cc1ccc2c(c1)C(C)(C)c1ccccc1-2.CC(C)(C)N=Cc1ccccc1I.CC1(C)c2ccccc2-c2ccc(-c3cc4ccccc4cn3)cc21.O=Cc1ccccc1I.OCc1ccccc1I.[B]B([B])B(B([B])[B])B([B])[B].[B][B]B(B([B])[B])B([B])[B].[B][B]B([B])B(B([B])[B])B([B])[B].[O]=[Mn]=[O]. The molecule has 11 rings (SSSR count).